The summed E-state index contributed by atoms with van der Waals surface area (Å²) in [6, 6.07) is 18.4. The molecular formula is C20H18FNO2. The third-order valence-electron chi connectivity index (χ3n) is 3.73. The van der Waals surface area contributed by atoms with E-state index in [1.165, 1.54) is 19.1 Å². The zero-order chi connectivity index (χ0) is 16.9. The van der Waals surface area contributed by atoms with Crippen LogP contribution in [0.4, 0.5) is 4.39 Å². The number of nitrogens with zero attached hydrogens (tertiary/aromatic N) is 1. The topological polar surface area (TPSA) is 31.2 Å². The van der Waals surface area contributed by atoms with Gasteiger partial charge in [-0.05, 0) is 41.5 Å². The zero-order valence-corrected chi connectivity index (χ0v) is 13.4. The SMILES string of the molecule is CC(=O)OCc1cc(-c2ccc(F)cc2)n(Cc2ccccc2)c1. The van der Waals surface area contributed by atoms with Crippen molar-refractivity contribution in [1.29, 1.82) is 0 Å². The summed E-state index contributed by atoms with van der Waals surface area (Å²) in [6.45, 7) is 2.31. The average Bonchev–Trinajstić information content (AvgIpc) is 2.97. The highest BCUT2D eigenvalue weighted by Crippen LogP contribution is 2.24. The third-order valence-corrected chi connectivity index (χ3v) is 3.73. The fourth-order valence-electron chi connectivity index (χ4n) is 2.61. The monoisotopic (exact) mass is 323 g/mol. The van der Waals surface area contributed by atoms with E-state index in [0.717, 1.165) is 22.4 Å². The summed E-state index contributed by atoms with van der Waals surface area (Å²) in [5, 5.41) is 0. The molecule has 0 aliphatic heterocycles. The summed E-state index contributed by atoms with van der Waals surface area (Å²) >= 11 is 0. The molecule has 0 bridgehead atoms. The van der Waals surface area contributed by atoms with Crippen molar-refractivity contribution in [3.63, 3.8) is 0 Å². The van der Waals surface area contributed by atoms with E-state index in [1.54, 1.807) is 12.1 Å². The van der Waals surface area contributed by atoms with Crippen molar-refractivity contribution in [3.05, 3.63) is 83.8 Å². The maximum Gasteiger partial charge on any atom is 0.302 e. The lowest BCUT2D eigenvalue weighted by molar-refractivity contribution is -0.142. The third kappa shape index (κ3) is 3.90. The van der Waals surface area contributed by atoms with Gasteiger partial charge in [-0.2, -0.15) is 0 Å². The minimum Gasteiger partial charge on any atom is -0.461 e. The first kappa shape index (κ1) is 16.0. The van der Waals surface area contributed by atoms with Gasteiger partial charge in [0.2, 0.25) is 0 Å². The zero-order valence-electron chi connectivity index (χ0n) is 13.4. The summed E-state index contributed by atoms with van der Waals surface area (Å²) in [5.74, 6) is -0.575. The number of rotatable bonds is 5. The van der Waals surface area contributed by atoms with Gasteiger partial charge in [0.1, 0.15) is 12.4 Å². The molecule has 0 aliphatic carbocycles. The molecule has 122 valence electrons. The second-order valence-electron chi connectivity index (χ2n) is 5.63. The van der Waals surface area contributed by atoms with Crippen LogP contribution in [0.15, 0.2) is 66.9 Å². The minimum absolute atomic E-state index is 0.227. The van der Waals surface area contributed by atoms with Crippen molar-refractivity contribution >= 4 is 5.97 Å². The first-order valence-electron chi connectivity index (χ1n) is 7.74. The van der Waals surface area contributed by atoms with E-state index >= 15 is 0 Å². The van der Waals surface area contributed by atoms with E-state index in [0.29, 0.717) is 6.54 Å². The molecule has 0 unspecified atom stereocenters. The van der Waals surface area contributed by atoms with Gasteiger partial charge in [0.15, 0.2) is 0 Å². The number of hydrogen-bond acceptors (Lipinski definition) is 2. The highest BCUT2D eigenvalue weighted by atomic mass is 19.1. The Kier molecular flexibility index (Phi) is 4.75. The summed E-state index contributed by atoms with van der Waals surface area (Å²) in [5.41, 5.74) is 3.94. The van der Waals surface area contributed by atoms with E-state index in [1.807, 2.05) is 30.5 Å². The van der Waals surface area contributed by atoms with E-state index in [-0.39, 0.29) is 18.4 Å². The van der Waals surface area contributed by atoms with E-state index in [2.05, 4.69) is 16.7 Å². The fraction of sp³-hybridized carbons (Fsp3) is 0.150. The lowest BCUT2D eigenvalue weighted by Crippen LogP contribution is -2.00. The number of carbonyl (C=O) groups is 1. The van der Waals surface area contributed by atoms with Crippen molar-refractivity contribution in [2.75, 3.05) is 0 Å². The van der Waals surface area contributed by atoms with Gasteiger partial charge in [0.05, 0.1) is 0 Å². The lowest BCUT2D eigenvalue weighted by Gasteiger charge is -2.09. The Labute approximate surface area is 140 Å². The number of ether oxygens (including phenoxy) is 1. The quantitative estimate of drug-likeness (QED) is 0.651. The van der Waals surface area contributed by atoms with Crippen LogP contribution in [0.1, 0.15) is 18.1 Å². The number of benzene rings is 2. The maximum absolute atomic E-state index is 13.2. The molecule has 1 heterocycles. The van der Waals surface area contributed by atoms with E-state index in [4.69, 9.17) is 4.74 Å². The van der Waals surface area contributed by atoms with Gasteiger partial charge in [-0.1, -0.05) is 30.3 Å². The van der Waals surface area contributed by atoms with Gasteiger partial charge in [0.25, 0.3) is 0 Å². The molecule has 2 aromatic carbocycles. The van der Waals surface area contributed by atoms with Crippen LogP contribution in [0.2, 0.25) is 0 Å². The standard InChI is InChI=1S/C20H18FNO2/c1-15(23)24-14-17-11-20(18-7-9-19(21)10-8-18)22(13-17)12-16-5-3-2-4-6-16/h2-11,13H,12,14H2,1H3. The number of hydrogen-bond donors (Lipinski definition) is 0. The van der Waals surface area contributed by atoms with Gasteiger partial charge in [-0.15, -0.1) is 0 Å². The van der Waals surface area contributed by atoms with Crippen molar-refractivity contribution in [2.45, 2.75) is 20.1 Å². The Balaban J connectivity index is 1.94. The molecule has 0 spiro atoms. The molecule has 3 aromatic rings. The molecule has 0 fully saturated rings. The Bertz CT molecular complexity index is 823. The predicted molar refractivity (Wildman–Crippen MR) is 90.8 cm³/mol. The molecule has 3 rings (SSSR count). The number of aromatic nitrogens is 1. The normalized spacial score (nSPS) is 10.6. The first-order valence-corrected chi connectivity index (χ1v) is 7.74. The Morgan fingerprint density at radius 3 is 2.42 bits per heavy atom. The predicted octanol–water partition coefficient (Wildman–Crippen LogP) is 4.41. The second-order valence-corrected chi connectivity index (χ2v) is 5.63. The Morgan fingerprint density at radius 1 is 1.04 bits per heavy atom. The summed E-state index contributed by atoms with van der Waals surface area (Å²) in [7, 11) is 0. The lowest BCUT2D eigenvalue weighted by atomic mass is 10.1. The minimum atomic E-state index is -0.311. The molecule has 0 saturated carbocycles. The van der Waals surface area contributed by atoms with Crippen molar-refractivity contribution in [2.24, 2.45) is 0 Å². The largest absolute Gasteiger partial charge is 0.461 e. The molecule has 4 heteroatoms. The Hall–Kier alpha value is -2.88. The number of carbonyl (C=O) groups excluding carboxylic acids is 1. The molecule has 0 N–H and O–H groups in total. The van der Waals surface area contributed by atoms with Crippen LogP contribution in [-0.4, -0.2) is 10.5 Å². The highest BCUT2D eigenvalue weighted by molar-refractivity contribution is 5.66. The van der Waals surface area contributed by atoms with Gasteiger partial charge in [0, 0.05) is 30.9 Å². The van der Waals surface area contributed by atoms with Crippen LogP contribution in [0, 0.1) is 5.82 Å². The van der Waals surface area contributed by atoms with Gasteiger partial charge < -0.3 is 9.30 Å². The molecule has 24 heavy (non-hydrogen) atoms. The number of esters is 1. The molecule has 0 amide bonds. The van der Waals surface area contributed by atoms with Crippen LogP contribution in [0.25, 0.3) is 11.3 Å². The van der Waals surface area contributed by atoms with Gasteiger partial charge >= 0.3 is 5.97 Å². The average molecular weight is 323 g/mol. The molecule has 0 saturated heterocycles. The smallest absolute Gasteiger partial charge is 0.302 e. The second kappa shape index (κ2) is 7.13. The van der Waals surface area contributed by atoms with Crippen molar-refractivity contribution in [3.8, 4) is 11.3 Å². The van der Waals surface area contributed by atoms with E-state index in [9.17, 15) is 9.18 Å². The van der Waals surface area contributed by atoms with Gasteiger partial charge in [-0.3, -0.25) is 4.79 Å². The number of halogens is 1. The molecule has 3 nitrogen and oxygen atoms in total. The van der Waals surface area contributed by atoms with Crippen LogP contribution in [0.5, 0.6) is 0 Å². The summed E-state index contributed by atoms with van der Waals surface area (Å²) in [4.78, 5) is 11.0. The molecule has 0 atom stereocenters. The van der Waals surface area contributed by atoms with Gasteiger partial charge in [-0.25, -0.2) is 4.39 Å². The van der Waals surface area contributed by atoms with Crippen molar-refractivity contribution in [1.82, 2.24) is 4.57 Å². The Morgan fingerprint density at radius 2 is 1.75 bits per heavy atom. The molecule has 0 aliphatic rings. The molecule has 0 radical (unpaired) electrons. The highest BCUT2D eigenvalue weighted by Gasteiger charge is 2.10. The van der Waals surface area contributed by atoms with Crippen LogP contribution in [0.3, 0.4) is 0 Å². The van der Waals surface area contributed by atoms with Crippen LogP contribution >= 0.6 is 0 Å². The van der Waals surface area contributed by atoms with Crippen molar-refractivity contribution < 1.29 is 13.9 Å². The van der Waals surface area contributed by atoms with Crippen LogP contribution in [-0.2, 0) is 22.7 Å². The summed E-state index contributed by atoms with van der Waals surface area (Å²) in [6.07, 6.45) is 1.97. The molecule has 1 aromatic heterocycles. The van der Waals surface area contributed by atoms with E-state index < -0.39 is 0 Å². The first-order chi connectivity index (χ1) is 11.6. The van der Waals surface area contributed by atoms with Crippen LogP contribution < -0.4 is 0 Å². The fourth-order valence-corrected chi connectivity index (χ4v) is 2.61. The summed E-state index contributed by atoms with van der Waals surface area (Å²) < 4.78 is 20.4. The maximum atomic E-state index is 13.2. The molecular weight excluding hydrogens is 305 g/mol.